The lowest BCUT2D eigenvalue weighted by molar-refractivity contribution is 0.0697. The van der Waals surface area contributed by atoms with Gasteiger partial charge in [-0.2, -0.15) is 0 Å². The molecule has 0 radical (unpaired) electrons. The Labute approximate surface area is 173 Å². The van der Waals surface area contributed by atoms with Crippen LogP contribution >= 0.6 is 11.6 Å². The predicted octanol–water partition coefficient (Wildman–Crippen LogP) is 3.53. The van der Waals surface area contributed by atoms with Crippen LogP contribution in [-0.4, -0.2) is 50.1 Å². The third kappa shape index (κ3) is 4.62. The molecule has 1 fully saturated rings. The zero-order chi connectivity index (χ0) is 21.0. The van der Waals surface area contributed by atoms with E-state index in [1.165, 1.54) is 32.4 Å². The molecule has 1 aliphatic rings. The van der Waals surface area contributed by atoms with Crippen molar-refractivity contribution in [3.05, 3.63) is 58.4 Å². The van der Waals surface area contributed by atoms with Crippen molar-refractivity contribution in [3.63, 3.8) is 0 Å². The molecule has 6 nitrogen and oxygen atoms in total. The lowest BCUT2D eigenvalue weighted by atomic mass is 10.0. The maximum absolute atomic E-state index is 13.9. The lowest BCUT2D eigenvalue weighted by Crippen LogP contribution is -2.46. The SMILES string of the molecule is COc1ccc(C(=O)N2CCC(NC(=O)c3c(F)cccc3Cl)CC2)cc1OC. The molecular formula is C21H22ClFN2O4. The van der Waals surface area contributed by atoms with Crippen LogP contribution in [0.4, 0.5) is 4.39 Å². The van der Waals surface area contributed by atoms with Crippen molar-refractivity contribution in [1.29, 1.82) is 0 Å². The summed E-state index contributed by atoms with van der Waals surface area (Å²) in [5.41, 5.74) is 0.348. The zero-order valence-corrected chi connectivity index (χ0v) is 17.0. The van der Waals surface area contributed by atoms with Gasteiger partial charge in [0.1, 0.15) is 5.82 Å². The normalized spacial score (nSPS) is 14.4. The number of likely N-dealkylation sites (tertiary alicyclic amines) is 1. The molecule has 8 heteroatoms. The number of nitrogens with zero attached hydrogens (tertiary/aromatic N) is 1. The van der Waals surface area contributed by atoms with Crippen molar-refractivity contribution < 1.29 is 23.5 Å². The lowest BCUT2D eigenvalue weighted by Gasteiger charge is -2.32. The van der Waals surface area contributed by atoms with E-state index in [2.05, 4.69) is 5.32 Å². The second-order valence-electron chi connectivity index (χ2n) is 6.71. The number of hydrogen-bond donors (Lipinski definition) is 1. The molecule has 29 heavy (non-hydrogen) atoms. The average molecular weight is 421 g/mol. The second-order valence-corrected chi connectivity index (χ2v) is 7.11. The summed E-state index contributed by atoms with van der Waals surface area (Å²) in [6.07, 6.45) is 1.13. The number of carbonyl (C=O) groups excluding carboxylic acids is 2. The summed E-state index contributed by atoms with van der Waals surface area (Å²) in [5.74, 6) is -0.277. The van der Waals surface area contributed by atoms with E-state index in [1.54, 1.807) is 23.1 Å². The molecular weight excluding hydrogens is 399 g/mol. The van der Waals surface area contributed by atoms with Crippen LogP contribution in [-0.2, 0) is 0 Å². The molecule has 0 aromatic heterocycles. The first kappa shape index (κ1) is 20.9. The number of nitrogens with one attached hydrogen (secondary N) is 1. The number of piperidine rings is 1. The minimum absolute atomic E-state index is 0.0727. The monoisotopic (exact) mass is 420 g/mol. The van der Waals surface area contributed by atoms with E-state index in [9.17, 15) is 14.0 Å². The fourth-order valence-corrected chi connectivity index (χ4v) is 3.60. The Morgan fingerprint density at radius 2 is 1.79 bits per heavy atom. The summed E-state index contributed by atoms with van der Waals surface area (Å²) in [4.78, 5) is 26.9. The van der Waals surface area contributed by atoms with Gasteiger partial charge in [-0.25, -0.2) is 4.39 Å². The first-order valence-corrected chi connectivity index (χ1v) is 9.58. The molecule has 154 valence electrons. The summed E-state index contributed by atoms with van der Waals surface area (Å²) < 4.78 is 24.4. The number of rotatable bonds is 5. The van der Waals surface area contributed by atoms with Gasteiger partial charge in [0.15, 0.2) is 11.5 Å². The number of carbonyl (C=O) groups is 2. The summed E-state index contributed by atoms with van der Waals surface area (Å²) in [6, 6.07) is 9.00. The van der Waals surface area contributed by atoms with Gasteiger partial charge in [-0.1, -0.05) is 17.7 Å². The molecule has 3 rings (SSSR count). The van der Waals surface area contributed by atoms with E-state index >= 15 is 0 Å². The predicted molar refractivity (Wildman–Crippen MR) is 107 cm³/mol. The van der Waals surface area contributed by atoms with E-state index in [4.69, 9.17) is 21.1 Å². The maximum atomic E-state index is 13.9. The standard InChI is InChI=1S/C21H22ClFN2O4/c1-28-17-7-6-13(12-18(17)29-2)21(27)25-10-8-14(9-11-25)24-20(26)19-15(22)4-3-5-16(19)23/h3-7,12,14H,8-11H2,1-2H3,(H,24,26). The van der Waals surface area contributed by atoms with E-state index in [0.29, 0.717) is 43.0 Å². The van der Waals surface area contributed by atoms with Crippen LogP contribution in [0.5, 0.6) is 11.5 Å². The quantitative estimate of drug-likeness (QED) is 0.803. The molecule has 0 spiro atoms. The number of halogens is 2. The smallest absolute Gasteiger partial charge is 0.255 e. The van der Waals surface area contributed by atoms with Crippen LogP contribution in [0.3, 0.4) is 0 Å². The Kier molecular flexibility index (Phi) is 6.59. The highest BCUT2D eigenvalue weighted by atomic mass is 35.5. The van der Waals surface area contributed by atoms with Gasteiger partial charge in [0.05, 0.1) is 24.8 Å². The Balaban J connectivity index is 1.60. The highest BCUT2D eigenvalue weighted by molar-refractivity contribution is 6.33. The first-order valence-electron chi connectivity index (χ1n) is 9.20. The largest absolute Gasteiger partial charge is 0.493 e. The molecule has 1 N–H and O–H groups in total. The second kappa shape index (κ2) is 9.13. The van der Waals surface area contributed by atoms with E-state index in [-0.39, 0.29) is 22.5 Å². The average Bonchev–Trinajstić information content (AvgIpc) is 2.73. The summed E-state index contributed by atoms with van der Waals surface area (Å²) in [5, 5.41) is 2.88. The highest BCUT2D eigenvalue weighted by Gasteiger charge is 2.26. The van der Waals surface area contributed by atoms with Crippen LogP contribution < -0.4 is 14.8 Å². The Hall–Kier alpha value is -2.80. The van der Waals surface area contributed by atoms with Crippen molar-refractivity contribution >= 4 is 23.4 Å². The van der Waals surface area contributed by atoms with Gasteiger partial charge in [-0.05, 0) is 43.2 Å². The van der Waals surface area contributed by atoms with E-state index in [0.717, 1.165) is 0 Å². The van der Waals surface area contributed by atoms with Crippen LogP contribution in [0.25, 0.3) is 0 Å². The number of methoxy groups -OCH3 is 2. The number of hydrogen-bond acceptors (Lipinski definition) is 4. The van der Waals surface area contributed by atoms with Gasteiger partial charge in [0.2, 0.25) is 0 Å². The van der Waals surface area contributed by atoms with Gasteiger partial charge in [0, 0.05) is 24.7 Å². The van der Waals surface area contributed by atoms with Crippen molar-refractivity contribution in [2.75, 3.05) is 27.3 Å². The van der Waals surface area contributed by atoms with Gasteiger partial charge in [-0.15, -0.1) is 0 Å². The molecule has 0 aliphatic carbocycles. The molecule has 0 atom stereocenters. The molecule has 2 amide bonds. The van der Waals surface area contributed by atoms with Gasteiger partial charge < -0.3 is 19.7 Å². The Bertz CT molecular complexity index is 893. The highest BCUT2D eigenvalue weighted by Crippen LogP contribution is 2.28. The molecule has 2 aromatic rings. The van der Waals surface area contributed by atoms with Gasteiger partial charge in [0.25, 0.3) is 11.8 Å². The van der Waals surface area contributed by atoms with Gasteiger partial charge in [-0.3, -0.25) is 9.59 Å². The van der Waals surface area contributed by atoms with E-state index in [1.807, 2.05) is 0 Å². The zero-order valence-electron chi connectivity index (χ0n) is 16.2. The number of amides is 2. The fourth-order valence-electron chi connectivity index (χ4n) is 3.35. The first-order chi connectivity index (χ1) is 13.9. The van der Waals surface area contributed by atoms with Crippen molar-refractivity contribution in [2.45, 2.75) is 18.9 Å². The Morgan fingerprint density at radius 1 is 1.10 bits per heavy atom. The topological polar surface area (TPSA) is 67.9 Å². The minimum Gasteiger partial charge on any atom is -0.493 e. The molecule has 0 saturated carbocycles. The molecule has 0 unspecified atom stereocenters. The van der Waals surface area contributed by atoms with Crippen molar-refractivity contribution in [2.24, 2.45) is 0 Å². The van der Waals surface area contributed by atoms with E-state index < -0.39 is 11.7 Å². The molecule has 0 bridgehead atoms. The van der Waals surface area contributed by atoms with Crippen LogP contribution in [0.15, 0.2) is 36.4 Å². The van der Waals surface area contributed by atoms with Crippen molar-refractivity contribution in [1.82, 2.24) is 10.2 Å². The van der Waals surface area contributed by atoms with Crippen LogP contribution in [0.2, 0.25) is 5.02 Å². The Morgan fingerprint density at radius 3 is 2.41 bits per heavy atom. The molecule has 1 aliphatic heterocycles. The van der Waals surface area contributed by atoms with Gasteiger partial charge >= 0.3 is 0 Å². The van der Waals surface area contributed by atoms with Crippen molar-refractivity contribution in [3.8, 4) is 11.5 Å². The maximum Gasteiger partial charge on any atom is 0.255 e. The summed E-state index contributed by atoms with van der Waals surface area (Å²) in [6.45, 7) is 0.951. The summed E-state index contributed by atoms with van der Waals surface area (Å²) >= 11 is 5.95. The molecule has 1 heterocycles. The third-order valence-corrected chi connectivity index (χ3v) is 5.25. The summed E-state index contributed by atoms with van der Waals surface area (Å²) in [7, 11) is 3.05. The fraction of sp³-hybridized carbons (Fsp3) is 0.333. The minimum atomic E-state index is -0.656. The third-order valence-electron chi connectivity index (χ3n) is 4.94. The molecule has 2 aromatic carbocycles. The van der Waals surface area contributed by atoms with Crippen LogP contribution in [0, 0.1) is 5.82 Å². The number of ether oxygens (including phenoxy) is 2. The van der Waals surface area contributed by atoms with Crippen LogP contribution in [0.1, 0.15) is 33.6 Å². The molecule has 1 saturated heterocycles. The number of benzene rings is 2.